The SMILES string of the molecule is CCCc1nn(C(=O)n2cccn2)c(-c2ccccc2)c1C(C)C. The Labute approximate surface area is 141 Å². The van der Waals surface area contributed by atoms with E-state index in [0.717, 1.165) is 35.4 Å². The van der Waals surface area contributed by atoms with Gasteiger partial charge < -0.3 is 0 Å². The molecule has 0 aliphatic heterocycles. The minimum absolute atomic E-state index is 0.261. The molecule has 0 fully saturated rings. The highest BCUT2D eigenvalue weighted by Gasteiger charge is 2.25. The topological polar surface area (TPSA) is 52.7 Å². The van der Waals surface area contributed by atoms with E-state index in [1.54, 1.807) is 18.5 Å². The number of carbonyl (C=O) groups is 1. The Hall–Kier alpha value is -2.69. The van der Waals surface area contributed by atoms with Gasteiger partial charge in [0.15, 0.2) is 0 Å². The molecule has 0 radical (unpaired) electrons. The van der Waals surface area contributed by atoms with Crippen molar-refractivity contribution >= 4 is 6.03 Å². The monoisotopic (exact) mass is 322 g/mol. The summed E-state index contributed by atoms with van der Waals surface area (Å²) in [7, 11) is 0. The van der Waals surface area contributed by atoms with E-state index in [2.05, 4.69) is 31.0 Å². The van der Waals surface area contributed by atoms with E-state index in [1.807, 2.05) is 30.3 Å². The zero-order chi connectivity index (χ0) is 17.1. The first kappa shape index (κ1) is 16.2. The van der Waals surface area contributed by atoms with Crippen molar-refractivity contribution in [2.24, 2.45) is 0 Å². The molecule has 24 heavy (non-hydrogen) atoms. The average molecular weight is 322 g/mol. The zero-order valence-electron chi connectivity index (χ0n) is 14.3. The lowest BCUT2D eigenvalue weighted by Crippen LogP contribution is -2.22. The van der Waals surface area contributed by atoms with E-state index < -0.39 is 0 Å². The van der Waals surface area contributed by atoms with Crippen molar-refractivity contribution in [1.82, 2.24) is 19.6 Å². The van der Waals surface area contributed by atoms with Crippen LogP contribution in [0.5, 0.6) is 0 Å². The van der Waals surface area contributed by atoms with Gasteiger partial charge in [0, 0.05) is 23.5 Å². The van der Waals surface area contributed by atoms with Crippen LogP contribution in [0.3, 0.4) is 0 Å². The van der Waals surface area contributed by atoms with Crippen LogP contribution in [0, 0.1) is 0 Å². The fraction of sp³-hybridized carbons (Fsp3) is 0.316. The van der Waals surface area contributed by atoms with Crippen LogP contribution in [0.15, 0.2) is 48.8 Å². The van der Waals surface area contributed by atoms with Gasteiger partial charge in [0.1, 0.15) is 0 Å². The normalized spacial score (nSPS) is 11.2. The second-order valence-corrected chi connectivity index (χ2v) is 6.12. The Kier molecular flexibility index (Phi) is 4.60. The minimum atomic E-state index is -0.261. The van der Waals surface area contributed by atoms with Crippen LogP contribution in [0.25, 0.3) is 11.3 Å². The minimum Gasteiger partial charge on any atom is -0.244 e. The Morgan fingerprint density at radius 2 is 1.92 bits per heavy atom. The first-order valence-electron chi connectivity index (χ1n) is 8.35. The predicted molar refractivity (Wildman–Crippen MR) is 94.2 cm³/mol. The summed E-state index contributed by atoms with van der Waals surface area (Å²) in [5.74, 6) is 0.279. The molecule has 0 spiro atoms. The molecule has 5 nitrogen and oxygen atoms in total. The quantitative estimate of drug-likeness (QED) is 0.718. The maximum absolute atomic E-state index is 12.9. The number of rotatable bonds is 4. The van der Waals surface area contributed by atoms with Crippen molar-refractivity contribution in [3.8, 4) is 11.3 Å². The number of carbonyl (C=O) groups excluding carboxylic acids is 1. The van der Waals surface area contributed by atoms with E-state index in [1.165, 1.54) is 9.36 Å². The molecule has 5 heteroatoms. The number of aromatic nitrogens is 4. The third-order valence-electron chi connectivity index (χ3n) is 3.99. The molecular weight excluding hydrogens is 300 g/mol. The molecule has 0 aliphatic carbocycles. The van der Waals surface area contributed by atoms with E-state index in [4.69, 9.17) is 0 Å². The van der Waals surface area contributed by atoms with Gasteiger partial charge in [-0.3, -0.25) is 0 Å². The standard InChI is InChI=1S/C19H22N4O/c1-4-9-16-17(14(2)3)18(15-10-6-5-7-11-15)23(21-16)19(24)22-13-8-12-20-22/h5-8,10-14H,4,9H2,1-3H3. The lowest BCUT2D eigenvalue weighted by Gasteiger charge is -2.11. The first-order chi connectivity index (χ1) is 11.6. The summed E-state index contributed by atoms with van der Waals surface area (Å²) in [5.41, 5.74) is 4.00. The fourth-order valence-corrected chi connectivity index (χ4v) is 2.99. The maximum atomic E-state index is 12.9. The van der Waals surface area contributed by atoms with Crippen LogP contribution in [-0.2, 0) is 6.42 Å². The predicted octanol–water partition coefficient (Wildman–Crippen LogP) is 4.34. The number of nitrogens with zero attached hydrogens (tertiary/aromatic N) is 4. The van der Waals surface area contributed by atoms with Crippen molar-refractivity contribution in [2.75, 3.05) is 0 Å². The van der Waals surface area contributed by atoms with E-state index in [0.29, 0.717) is 0 Å². The Morgan fingerprint density at radius 1 is 1.17 bits per heavy atom. The molecule has 0 amide bonds. The summed E-state index contributed by atoms with van der Waals surface area (Å²) < 4.78 is 2.82. The van der Waals surface area contributed by atoms with Crippen molar-refractivity contribution in [1.29, 1.82) is 0 Å². The molecule has 0 saturated carbocycles. The third kappa shape index (κ3) is 2.89. The number of aryl methyl sites for hydroxylation is 1. The van der Waals surface area contributed by atoms with E-state index in [9.17, 15) is 4.79 Å². The van der Waals surface area contributed by atoms with Crippen LogP contribution >= 0.6 is 0 Å². The van der Waals surface area contributed by atoms with Crippen molar-refractivity contribution in [3.05, 3.63) is 60.0 Å². The fourth-order valence-electron chi connectivity index (χ4n) is 2.99. The number of hydrogen-bond acceptors (Lipinski definition) is 3. The Balaban J connectivity index is 2.24. The van der Waals surface area contributed by atoms with Gasteiger partial charge in [-0.1, -0.05) is 57.5 Å². The van der Waals surface area contributed by atoms with Crippen LogP contribution in [0.2, 0.25) is 0 Å². The summed E-state index contributed by atoms with van der Waals surface area (Å²) in [5, 5.41) is 8.72. The lowest BCUT2D eigenvalue weighted by atomic mass is 9.95. The van der Waals surface area contributed by atoms with Gasteiger partial charge in [0.05, 0.1) is 11.4 Å². The highest BCUT2D eigenvalue weighted by atomic mass is 16.2. The van der Waals surface area contributed by atoms with Gasteiger partial charge in [-0.15, -0.1) is 0 Å². The van der Waals surface area contributed by atoms with Gasteiger partial charge in [-0.25, -0.2) is 4.79 Å². The molecule has 2 heterocycles. The smallest absolute Gasteiger partial charge is 0.244 e. The van der Waals surface area contributed by atoms with Crippen molar-refractivity contribution in [3.63, 3.8) is 0 Å². The second kappa shape index (κ2) is 6.83. The molecule has 0 bridgehead atoms. The van der Waals surface area contributed by atoms with Gasteiger partial charge >= 0.3 is 6.03 Å². The number of hydrogen-bond donors (Lipinski definition) is 0. The molecule has 0 aliphatic rings. The summed E-state index contributed by atoms with van der Waals surface area (Å²) in [6, 6.07) is 11.4. The molecule has 0 saturated heterocycles. The lowest BCUT2D eigenvalue weighted by molar-refractivity contribution is 0.238. The molecule has 3 rings (SSSR count). The zero-order valence-corrected chi connectivity index (χ0v) is 14.3. The molecule has 0 N–H and O–H groups in total. The molecule has 3 aromatic rings. The average Bonchev–Trinajstić information content (AvgIpc) is 3.23. The van der Waals surface area contributed by atoms with Crippen LogP contribution < -0.4 is 0 Å². The highest BCUT2D eigenvalue weighted by molar-refractivity contribution is 5.84. The second-order valence-electron chi connectivity index (χ2n) is 6.12. The van der Waals surface area contributed by atoms with Crippen LogP contribution in [-0.4, -0.2) is 25.6 Å². The Morgan fingerprint density at radius 3 is 2.50 bits per heavy atom. The van der Waals surface area contributed by atoms with E-state index in [-0.39, 0.29) is 11.9 Å². The van der Waals surface area contributed by atoms with Gasteiger partial charge in [-0.05, 0) is 18.4 Å². The molecule has 0 unspecified atom stereocenters. The molecule has 124 valence electrons. The molecule has 2 aromatic heterocycles. The Bertz CT molecular complexity index is 817. The van der Waals surface area contributed by atoms with Crippen molar-refractivity contribution in [2.45, 2.75) is 39.5 Å². The molecule has 0 atom stereocenters. The summed E-state index contributed by atoms with van der Waals surface area (Å²) in [6.07, 6.45) is 5.08. The molecular formula is C19H22N4O. The first-order valence-corrected chi connectivity index (χ1v) is 8.35. The van der Waals surface area contributed by atoms with Gasteiger partial charge in [-0.2, -0.15) is 19.6 Å². The van der Waals surface area contributed by atoms with Crippen LogP contribution in [0.1, 0.15) is 44.4 Å². The summed E-state index contributed by atoms with van der Waals surface area (Å²) in [6.45, 7) is 6.41. The molecule has 1 aromatic carbocycles. The van der Waals surface area contributed by atoms with Gasteiger partial charge in [0.25, 0.3) is 0 Å². The van der Waals surface area contributed by atoms with Crippen molar-refractivity contribution < 1.29 is 4.79 Å². The van der Waals surface area contributed by atoms with E-state index >= 15 is 0 Å². The third-order valence-corrected chi connectivity index (χ3v) is 3.99. The summed E-state index contributed by atoms with van der Waals surface area (Å²) >= 11 is 0. The summed E-state index contributed by atoms with van der Waals surface area (Å²) in [4.78, 5) is 12.9. The van der Waals surface area contributed by atoms with Gasteiger partial charge in [0.2, 0.25) is 0 Å². The van der Waals surface area contributed by atoms with Crippen LogP contribution in [0.4, 0.5) is 4.79 Å². The maximum Gasteiger partial charge on any atom is 0.369 e. The highest BCUT2D eigenvalue weighted by Crippen LogP contribution is 2.33. The largest absolute Gasteiger partial charge is 0.369 e. The number of benzene rings is 1.